The average molecular weight is 301 g/mol. The minimum absolute atomic E-state index is 0. The average Bonchev–Trinajstić information content (AvgIpc) is 2.80. The van der Waals surface area contributed by atoms with Gasteiger partial charge in [-0.3, -0.25) is 9.48 Å². The molecular weight excluding hydrogens is 276 g/mol. The van der Waals surface area contributed by atoms with Gasteiger partial charge in [-0.1, -0.05) is 19.8 Å². The number of carbonyl (C=O) groups excluding carboxylic acids is 1. The summed E-state index contributed by atoms with van der Waals surface area (Å²) in [5.41, 5.74) is 0.908. The molecule has 1 aliphatic carbocycles. The molecule has 1 amide bonds. The first kappa shape index (κ1) is 17.0. The zero-order valence-electron chi connectivity index (χ0n) is 12.4. The minimum Gasteiger partial charge on any atom is -0.351 e. The molecule has 0 aliphatic heterocycles. The molecule has 114 valence electrons. The van der Waals surface area contributed by atoms with Gasteiger partial charge in [0, 0.05) is 24.8 Å². The van der Waals surface area contributed by atoms with Crippen LogP contribution in [0.25, 0.3) is 0 Å². The summed E-state index contributed by atoms with van der Waals surface area (Å²) in [6, 6.07) is -0.00315. The number of nitrogens with one attached hydrogen (secondary N) is 2. The molecule has 0 spiro atoms. The molecule has 1 aromatic heterocycles. The maximum absolute atomic E-state index is 12.4. The third-order valence-corrected chi connectivity index (χ3v) is 4.05. The van der Waals surface area contributed by atoms with Gasteiger partial charge in [0.25, 0.3) is 0 Å². The van der Waals surface area contributed by atoms with E-state index in [0.717, 1.165) is 12.0 Å². The van der Waals surface area contributed by atoms with E-state index in [4.69, 9.17) is 0 Å². The van der Waals surface area contributed by atoms with Crippen molar-refractivity contribution in [3.8, 4) is 0 Å². The number of amides is 1. The van der Waals surface area contributed by atoms with Gasteiger partial charge >= 0.3 is 0 Å². The van der Waals surface area contributed by atoms with Crippen LogP contribution in [0, 0.1) is 5.92 Å². The fourth-order valence-corrected chi connectivity index (χ4v) is 2.84. The van der Waals surface area contributed by atoms with Crippen LogP contribution < -0.4 is 10.6 Å². The zero-order chi connectivity index (χ0) is 13.8. The molecule has 0 aromatic carbocycles. The molecular formula is C14H25ClN4O. The van der Waals surface area contributed by atoms with Crippen LogP contribution in [-0.4, -0.2) is 28.8 Å². The Hall–Kier alpha value is -1.07. The molecule has 0 radical (unpaired) electrons. The van der Waals surface area contributed by atoms with Crippen LogP contribution >= 0.6 is 12.4 Å². The molecule has 0 bridgehead atoms. The lowest BCUT2D eigenvalue weighted by molar-refractivity contribution is -0.124. The summed E-state index contributed by atoms with van der Waals surface area (Å²) in [6.45, 7) is 2.22. The second-order valence-electron chi connectivity index (χ2n) is 5.55. The first-order chi connectivity index (χ1) is 9.11. The molecule has 1 fully saturated rings. The largest absolute Gasteiger partial charge is 0.351 e. The van der Waals surface area contributed by atoms with E-state index in [1.807, 2.05) is 20.3 Å². The highest BCUT2D eigenvalue weighted by Crippen LogP contribution is 2.24. The van der Waals surface area contributed by atoms with Crippen LogP contribution in [0.4, 0.5) is 0 Å². The zero-order valence-corrected chi connectivity index (χ0v) is 13.2. The minimum atomic E-state index is -0.317. The lowest BCUT2D eigenvalue weighted by Crippen LogP contribution is -2.45. The van der Waals surface area contributed by atoms with Gasteiger partial charge in [0.05, 0.1) is 6.20 Å². The summed E-state index contributed by atoms with van der Waals surface area (Å²) in [4.78, 5) is 12.4. The molecule has 5 nitrogen and oxygen atoms in total. The van der Waals surface area contributed by atoms with Crippen molar-refractivity contribution in [2.75, 3.05) is 7.05 Å². The molecule has 1 saturated carbocycles. The fraction of sp³-hybridized carbons (Fsp3) is 0.714. The number of rotatable bonds is 4. The number of halogens is 1. The molecule has 2 N–H and O–H groups in total. The lowest BCUT2D eigenvalue weighted by atomic mass is 9.86. The molecule has 1 aliphatic rings. The normalized spacial score (nSPS) is 23.8. The monoisotopic (exact) mass is 300 g/mol. The highest BCUT2D eigenvalue weighted by molar-refractivity contribution is 5.85. The molecule has 6 heteroatoms. The number of likely N-dealkylation sites (N-methyl/N-ethyl adjacent to an activating group) is 1. The predicted molar refractivity (Wildman–Crippen MR) is 81.8 cm³/mol. The number of aromatic nitrogens is 2. The van der Waals surface area contributed by atoms with Crippen molar-refractivity contribution < 1.29 is 4.79 Å². The molecule has 3 atom stereocenters. The van der Waals surface area contributed by atoms with Crippen LogP contribution in [0.3, 0.4) is 0 Å². The van der Waals surface area contributed by atoms with E-state index in [2.05, 4.69) is 22.7 Å². The maximum Gasteiger partial charge on any atom is 0.242 e. The van der Waals surface area contributed by atoms with Gasteiger partial charge in [0.15, 0.2) is 0 Å². The Kier molecular flexibility index (Phi) is 6.49. The third kappa shape index (κ3) is 3.96. The molecule has 1 aromatic rings. The van der Waals surface area contributed by atoms with Crippen molar-refractivity contribution in [3.05, 3.63) is 18.0 Å². The van der Waals surface area contributed by atoms with Crippen molar-refractivity contribution in [2.24, 2.45) is 13.0 Å². The smallest absolute Gasteiger partial charge is 0.242 e. The van der Waals surface area contributed by atoms with Gasteiger partial charge in [0.1, 0.15) is 6.04 Å². The lowest BCUT2D eigenvalue weighted by Gasteiger charge is -2.30. The SMILES string of the molecule is CNC(C(=O)NC1CCCCC1C)c1cnn(C)c1.Cl. The van der Waals surface area contributed by atoms with Crippen LogP contribution in [0.5, 0.6) is 0 Å². The first-order valence-corrected chi connectivity index (χ1v) is 7.08. The molecule has 2 rings (SSSR count). The van der Waals surface area contributed by atoms with Crippen LogP contribution in [0.15, 0.2) is 12.4 Å². The summed E-state index contributed by atoms with van der Waals surface area (Å²) in [7, 11) is 3.67. The topological polar surface area (TPSA) is 59.0 Å². The second kappa shape index (κ2) is 7.64. The standard InChI is InChI=1S/C14H24N4O.ClH/c1-10-6-4-5-7-12(10)17-14(19)13(15-2)11-8-16-18(3)9-11;/h8-10,12-13,15H,4-7H2,1-3H3,(H,17,19);1H. The van der Waals surface area contributed by atoms with Crippen molar-refractivity contribution in [1.82, 2.24) is 20.4 Å². The number of nitrogens with zero attached hydrogens (tertiary/aromatic N) is 2. The summed E-state index contributed by atoms with van der Waals surface area (Å²) in [6.07, 6.45) is 8.42. The van der Waals surface area contributed by atoms with Crippen molar-refractivity contribution >= 4 is 18.3 Å². The number of hydrogen-bond donors (Lipinski definition) is 2. The van der Waals surface area contributed by atoms with E-state index >= 15 is 0 Å². The number of hydrogen-bond acceptors (Lipinski definition) is 3. The molecule has 1 heterocycles. The van der Waals surface area contributed by atoms with E-state index in [-0.39, 0.29) is 24.4 Å². The number of carbonyl (C=O) groups is 1. The van der Waals surface area contributed by atoms with Gasteiger partial charge in [-0.25, -0.2) is 0 Å². The van der Waals surface area contributed by atoms with Gasteiger partial charge in [-0.05, 0) is 25.8 Å². The summed E-state index contributed by atoms with van der Waals surface area (Å²) in [5.74, 6) is 0.623. The van der Waals surface area contributed by atoms with Gasteiger partial charge in [0.2, 0.25) is 5.91 Å². The third-order valence-electron chi connectivity index (χ3n) is 4.05. The maximum atomic E-state index is 12.4. The van der Waals surface area contributed by atoms with E-state index in [0.29, 0.717) is 12.0 Å². The van der Waals surface area contributed by atoms with Crippen molar-refractivity contribution in [1.29, 1.82) is 0 Å². The Morgan fingerprint density at radius 1 is 1.45 bits per heavy atom. The van der Waals surface area contributed by atoms with Crippen molar-refractivity contribution in [3.63, 3.8) is 0 Å². The summed E-state index contributed by atoms with van der Waals surface area (Å²) < 4.78 is 1.72. The second-order valence-corrected chi connectivity index (χ2v) is 5.55. The fourth-order valence-electron chi connectivity index (χ4n) is 2.84. The molecule has 20 heavy (non-hydrogen) atoms. The Morgan fingerprint density at radius 2 is 2.15 bits per heavy atom. The predicted octanol–water partition coefficient (Wildman–Crippen LogP) is 1.80. The van der Waals surface area contributed by atoms with Crippen LogP contribution in [0.1, 0.15) is 44.2 Å². The van der Waals surface area contributed by atoms with E-state index in [9.17, 15) is 4.79 Å². The van der Waals surface area contributed by atoms with E-state index < -0.39 is 0 Å². The summed E-state index contributed by atoms with van der Waals surface area (Å²) >= 11 is 0. The van der Waals surface area contributed by atoms with E-state index in [1.54, 1.807) is 10.9 Å². The Bertz CT molecular complexity index is 435. The highest BCUT2D eigenvalue weighted by atomic mass is 35.5. The summed E-state index contributed by atoms with van der Waals surface area (Å²) in [5, 5.41) is 10.4. The van der Waals surface area contributed by atoms with Crippen LogP contribution in [-0.2, 0) is 11.8 Å². The Labute approximate surface area is 126 Å². The van der Waals surface area contributed by atoms with Gasteiger partial charge < -0.3 is 10.6 Å². The van der Waals surface area contributed by atoms with Gasteiger partial charge in [-0.2, -0.15) is 5.10 Å². The van der Waals surface area contributed by atoms with Crippen molar-refractivity contribution in [2.45, 2.75) is 44.7 Å². The number of aryl methyl sites for hydroxylation is 1. The van der Waals surface area contributed by atoms with Crippen LogP contribution in [0.2, 0.25) is 0 Å². The van der Waals surface area contributed by atoms with E-state index in [1.165, 1.54) is 19.3 Å². The van der Waals surface area contributed by atoms with Gasteiger partial charge in [-0.15, -0.1) is 12.4 Å². The first-order valence-electron chi connectivity index (χ1n) is 7.08. The Morgan fingerprint density at radius 3 is 2.70 bits per heavy atom. The Balaban J connectivity index is 0.00000200. The highest BCUT2D eigenvalue weighted by Gasteiger charge is 2.27. The molecule has 0 saturated heterocycles. The molecule has 3 unspecified atom stereocenters. The quantitative estimate of drug-likeness (QED) is 0.891.